The van der Waals surface area contributed by atoms with Crippen molar-refractivity contribution in [3.05, 3.63) is 59.7 Å². The molecule has 0 aliphatic carbocycles. The van der Waals surface area contributed by atoms with Crippen LogP contribution in [0.1, 0.15) is 23.7 Å². The van der Waals surface area contributed by atoms with Gasteiger partial charge < -0.3 is 5.11 Å². The highest BCUT2D eigenvalue weighted by Gasteiger charge is 2.41. The molecule has 2 heterocycles. The van der Waals surface area contributed by atoms with Gasteiger partial charge in [0.2, 0.25) is 10.0 Å². The molecule has 6 nitrogen and oxygen atoms in total. The summed E-state index contributed by atoms with van der Waals surface area (Å²) in [5, 5.41) is 19.1. The summed E-state index contributed by atoms with van der Waals surface area (Å²) in [5.41, 5.74) is 0.245. The van der Waals surface area contributed by atoms with Crippen molar-refractivity contribution in [1.29, 1.82) is 5.26 Å². The van der Waals surface area contributed by atoms with Gasteiger partial charge in [0.15, 0.2) is 5.69 Å². The van der Waals surface area contributed by atoms with E-state index in [0.717, 1.165) is 4.31 Å². The molecule has 0 spiro atoms. The van der Waals surface area contributed by atoms with Crippen LogP contribution in [0.2, 0.25) is 0 Å². The van der Waals surface area contributed by atoms with Crippen LogP contribution in [0.5, 0.6) is 0 Å². The normalized spacial score (nSPS) is 21.5. The summed E-state index contributed by atoms with van der Waals surface area (Å²) in [6.45, 7) is -0.122. The van der Waals surface area contributed by atoms with Crippen molar-refractivity contribution in [3.63, 3.8) is 0 Å². The maximum absolute atomic E-state index is 13.5. The molecule has 0 radical (unpaired) electrons. The van der Waals surface area contributed by atoms with Gasteiger partial charge in [0.25, 0.3) is 0 Å². The van der Waals surface area contributed by atoms with Gasteiger partial charge in [-0.25, -0.2) is 17.8 Å². The third-order valence-electron chi connectivity index (χ3n) is 3.93. The molecular weight excluding hydrogens is 333 g/mol. The zero-order chi connectivity index (χ0) is 17.3. The summed E-state index contributed by atoms with van der Waals surface area (Å²) in [6.07, 6.45) is 0.626. The predicted molar refractivity (Wildman–Crippen MR) is 82.6 cm³/mol. The standard InChI is InChI=1S/C16H14FN3O3S/c17-12-4-1-3-11(7-12)15-8-13(21)10-20(15)24(22,23)16-5-2-6-19-14(16)9-18/h1-7,13,15,21H,8,10H2/t13-,15+/m1/s1. The van der Waals surface area contributed by atoms with E-state index in [1.807, 2.05) is 0 Å². The molecule has 0 bridgehead atoms. The number of β-amino-alcohol motifs (C(OH)–C–C–N with tert-alkyl or cyclic N) is 1. The lowest BCUT2D eigenvalue weighted by Crippen LogP contribution is -2.32. The van der Waals surface area contributed by atoms with Gasteiger partial charge in [-0.05, 0) is 36.2 Å². The maximum Gasteiger partial charge on any atom is 0.246 e. The Hall–Kier alpha value is -2.34. The van der Waals surface area contributed by atoms with E-state index >= 15 is 0 Å². The molecular formula is C16H14FN3O3S. The number of hydrogen-bond donors (Lipinski definition) is 1. The van der Waals surface area contributed by atoms with Gasteiger partial charge >= 0.3 is 0 Å². The van der Waals surface area contributed by atoms with Crippen molar-refractivity contribution in [2.75, 3.05) is 6.54 Å². The number of sulfonamides is 1. The molecule has 0 saturated carbocycles. The maximum atomic E-state index is 13.5. The minimum Gasteiger partial charge on any atom is -0.392 e. The number of nitriles is 1. The summed E-state index contributed by atoms with van der Waals surface area (Å²) in [6, 6.07) is 9.41. The molecule has 2 atom stereocenters. The molecule has 1 aliphatic heterocycles. The molecule has 3 rings (SSSR count). The number of nitrogens with zero attached hydrogens (tertiary/aromatic N) is 3. The molecule has 1 aromatic carbocycles. The molecule has 124 valence electrons. The van der Waals surface area contributed by atoms with E-state index in [4.69, 9.17) is 5.26 Å². The highest BCUT2D eigenvalue weighted by atomic mass is 32.2. The van der Waals surface area contributed by atoms with Crippen LogP contribution in [0.3, 0.4) is 0 Å². The number of aromatic nitrogens is 1. The van der Waals surface area contributed by atoms with Crippen LogP contribution in [0.15, 0.2) is 47.5 Å². The second-order valence-electron chi connectivity index (χ2n) is 5.50. The third kappa shape index (κ3) is 2.89. The fourth-order valence-electron chi connectivity index (χ4n) is 2.88. The average Bonchev–Trinajstić information content (AvgIpc) is 2.97. The average molecular weight is 347 g/mol. The van der Waals surface area contributed by atoms with Gasteiger partial charge in [-0.1, -0.05) is 12.1 Å². The number of aliphatic hydroxyl groups is 1. The Morgan fingerprint density at radius 3 is 2.83 bits per heavy atom. The van der Waals surface area contributed by atoms with E-state index in [9.17, 15) is 17.9 Å². The van der Waals surface area contributed by atoms with Gasteiger partial charge in [-0.3, -0.25) is 0 Å². The lowest BCUT2D eigenvalue weighted by molar-refractivity contribution is 0.188. The molecule has 0 amide bonds. The van der Waals surface area contributed by atoms with E-state index in [0.29, 0.717) is 5.56 Å². The zero-order valence-corrected chi connectivity index (χ0v) is 13.3. The van der Waals surface area contributed by atoms with E-state index in [2.05, 4.69) is 4.98 Å². The van der Waals surface area contributed by atoms with Crippen LogP contribution in [-0.4, -0.2) is 35.5 Å². The third-order valence-corrected chi connectivity index (χ3v) is 5.84. The summed E-state index contributed by atoms with van der Waals surface area (Å²) in [5.74, 6) is -0.481. The summed E-state index contributed by atoms with van der Waals surface area (Å²) >= 11 is 0. The minimum atomic E-state index is -4.06. The first-order valence-corrected chi connectivity index (χ1v) is 8.68. The lowest BCUT2D eigenvalue weighted by atomic mass is 10.0. The van der Waals surface area contributed by atoms with E-state index in [1.165, 1.54) is 36.5 Å². The van der Waals surface area contributed by atoms with Crippen molar-refractivity contribution in [2.45, 2.75) is 23.5 Å². The number of halogens is 1. The lowest BCUT2D eigenvalue weighted by Gasteiger charge is -2.24. The molecule has 1 N–H and O–H groups in total. The number of benzene rings is 1. The molecule has 1 aliphatic rings. The fourth-order valence-corrected chi connectivity index (χ4v) is 4.63. The Bertz CT molecular complexity index is 911. The van der Waals surface area contributed by atoms with Crippen LogP contribution in [-0.2, 0) is 10.0 Å². The molecule has 1 aromatic heterocycles. The smallest absolute Gasteiger partial charge is 0.246 e. The second kappa shape index (κ2) is 6.28. The van der Waals surface area contributed by atoms with Crippen molar-refractivity contribution in [1.82, 2.24) is 9.29 Å². The second-order valence-corrected chi connectivity index (χ2v) is 7.36. The van der Waals surface area contributed by atoms with E-state index in [-0.39, 0.29) is 23.6 Å². The van der Waals surface area contributed by atoms with Gasteiger partial charge in [-0.2, -0.15) is 9.57 Å². The van der Waals surface area contributed by atoms with Crippen LogP contribution < -0.4 is 0 Å². The summed E-state index contributed by atoms with van der Waals surface area (Å²) in [4.78, 5) is 3.56. The van der Waals surface area contributed by atoms with Crippen LogP contribution in [0, 0.1) is 17.1 Å². The molecule has 8 heteroatoms. The SMILES string of the molecule is N#Cc1ncccc1S(=O)(=O)N1C[C@H](O)C[C@H]1c1cccc(F)c1. The Labute approximate surface area is 138 Å². The van der Waals surface area contributed by atoms with Crippen LogP contribution >= 0.6 is 0 Å². The van der Waals surface area contributed by atoms with Crippen molar-refractivity contribution < 1.29 is 17.9 Å². The Kier molecular flexibility index (Phi) is 4.32. The zero-order valence-electron chi connectivity index (χ0n) is 12.5. The van der Waals surface area contributed by atoms with Gasteiger partial charge in [0.05, 0.1) is 12.1 Å². The van der Waals surface area contributed by atoms with Crippen molar-refractivity contribution in [2.24, 2.45) is 0 Å². The Morgan fingerprint density at radius 1 is 1.33 bits per heavy atom. The first-order valence-electron chi connectivity index (χ1n) is 7.24. The van der Waals surface area contributed by atoms with Crippen LogP contribution in [0.25, 0.3) is 0 Å². The van der Waals surface area contributed by atoms with Crippen molar-refractivity contribution >= 4 is 10.0 Å². The first kappa shape index (κ1) is 16.5. The highest BCUT2D eigenvalue weighted by molar-refractivity contribution is 7.89. The Morgan fingerprint density at radius 2 is 2.12 bits per heavy atom. The van der Waals surface area contributed by atoms with E-state index < -0.39 is 28.0 Å². The Balaban J connectivity index is 2.07. The largest absolute Gasteiger partial charge is 0.392 e. The number of hydrogen-bond acceptors (Lipinski definition) is 5. The molecule has 24 heavy (non-hydrogen) atoms. The fraction of sp³-hybridized carbons (Fsp3) is 0.250. The summed E-state index contributed by atoms with van der Waals surface area (Å²) in [7, 11) is -4.06. The van der Waals surface area contributed by atoms with Gasteiger partial charge in [-0.15, -0.1) is 0 Å². The first-order chi connectivity index (χ1) is 11.4. The molecule has 1 saturated heterocycles. The summed E-state index contributed by atoms with van der Waals surface area (Å²) < 4.78 is 40.5. The predicted octanol–water partition coefficient (Wildman–Crippen LogP) is 1.59. The highest BCUT2D eigenvalue weighted by Crippen LogP contribution is 2.37. The van der Waals surface area contributed by atoms with Crippen LogP contribution in [0.4, 0.5) is 4.39 Å². The quantitative estimate of drug-likeness (QED) is 0.910. The van der Waals surface area contributed by atoms with Gasteiger partial charge in [0, 0.05) is 12.7 Å². The minimum absolute atomic E-state index is 0.122. The molecule has 1 fully saturated rings. The van der Waals surface area contributed by atoms with Gasteiger partial charge in [0.1, 0.15) is 16.8 Å². The van der Waals surface area contributed by atoms with E-state index in [1.54, 1.807) is 12.1 Å². The molecule has 2 aromatic rings. The number of aliphatic hydroxyl groups excluding tert-OH is 1. The topological polar surface area (TPSA) is 94.3 Å². The number of rotatable bonds is 3. The monoisotopic (exact) mass is 347 g/mol. The molecule has 0 unspecified atom stereocenters. The van der Waals surface area contributed by atoms with Crippen molar-refractivity contribution in [3.8, 4) is 6.07 Å². The number of pyridine rings is 1.